The van der Waals surface area contributed by atoms with Gasteiger partial charge in [-0.2, -0.15) is 0 Å². The number of imidazole rings is 1. The number of primary amides is 1. The Balaban J connectivity index is 1.52. The van der Waals surface area contributed by atoms with Crippen molar-refractivity contribution in [1.82, 2.24) is 19.3 Å². The zero-order valence-corrected chi connectivity index (χ0v) is 15.5. The minimum absolute atomic E-state index is 0.0583. The van der Waals surface area contributed by atoms with E-state index in [4.69, 9.17) is 10.5 Å². The molecule has 8 nitrogen and oxygen atoms in total. The molecular weight excluding hydrogens is 358 g/mol. The third-order valence-corrected chi connectivity index (χ3v) is 4.86. The Morgan fingerprint density at radius 3 is 2.96 bits per heavy atom. The van der Waals surface area contributed by atoms with Crippen LogP contribution in [0.3, 0.4) is 0 Å². The number of piperidine rings is 1. The van der Waals surface area contributed by atoms with E-state index in [1.165, 1.54) is 12.3 Å². The Morgan fingerprint density at radius 2 is 2.14 bits per heavy atom. The summed E-state index contributed by atoms with van der Waals surface area (Å²) >= 11 is 0. The molecule has 1 saturated heterocycles. The van der Waals surface area contributed by atoms with Crippen LogP contribution in [0, 0.1) is 6.92 Å². The summed E-state index contributed by atoms with van der Waals surface area (Å²) < 4.78 is 7.82. The fraction of sp³-hybridized carbons (Fsp3) is 0.300. The number of ether oxygens (including phenoxy) is 1. The highest BCUT2D eigenvalue weighted by atomic mass is 16.5. The number of likely N-dealkylation sites (tertiary alicyclic amines) is 1. The van der Waals surface area contributed by atoms with E-state index in [9.17, 15) is 9.59 Å². The number of hydrogen-bond donors (Lipinski definition) is 1. The molecule has 0 aromatic carbocycles. The molecular formula is C20H21N5O3. The van der Waals surface area contributed by atoms with Crippen molar-refractivity contribution in [2.45, 2.75) is 25.9 Å². The molecule has 4 rings (SSSR count). The first kappa shape index (κ1) is 18.0. The Morgan fingerprint density at radius 1 is 1.29 bits per heavy atom. The van der Waals surface area contributed by atoms with E-state index < -0.39 is 5.91 Å². The van der Waals surface area contributed by atoms with Crippen molar-refractivity contribution in [3.8, 4) is 5.75 Å². The number of aromatic nitrogens is 3. The minimum Gasteiger partial charge on any atom is -0.488 e. The predicted octanol–water partition coefficient (Wildman–Crippen LogP) is 1.82. The van der Waals surface area contributed by atoms with Crippen LogP contribution in [-0.4, -0.2) is 50.3 Å². The SMILES string of the molecule is Cc1nc2ccccn2c1C(=O)N1CCCC(Oc2ccnc(C(N)=O)c2)C1. The Labute approximate surface area is 161 Å². The highest BCUT2D eigenvalue weighted by Gasteiger charge is 2.28. The van der Waals surface area contributed by atoms with Crippen molar-refractivity contribution in [2.24, 2.45) is 5.73 Å². The van der Waals surface area contributed by atoms with Gasteiger partial charge in [0.05, 0.1) is 12.2 Å². The van der Waals surface area contributed by atoms with Gasteiger partial charge in [-0.15, -0.1) is 0 Å². The lowest BCUT2D eigenvalue weighted by molar-refractivity contribution is 0.0530. The van der Waals surface area contributed by atoms with Crippen LogP contribution in [-0.2, 0) is 0 Å². The third kappa shape index (κ3) is 3.40. The van der Waals surface area contributed by atoms with E-state index in [0.29, 0.717) is 30.2 Å². The molecule has 0 saturated carbocycles. The van der Waals surface area contributed by atoms with Gasteiger partial charge in [-0.3, -0.25) is 19.0 Å². The van der Waals surface area contributed by atoms with Crippen LogP contribution in [0.2, 0.25) is 0 Å². The van der Waals surface area contributed by atoms with Gasteiger partial charge in [0.25, 0.3) is 11.8 Å². The number of nitrogens with zero attached hydrogens (tertiary/aromatic N) is 4. The molecule has 1 aliphatic rings. The standard InChI is InChI=1S/C20H21N5O3/c1-13-18(25-10-3-2-6-17(25)23-13)20(27)24-9-4-5-15(12-24)28-14-7-8-22-16(11-14)19(21)26/h2-3,6-8,10-11,15H,4-5,9,12H2,1H3,(H2,21,26). The first-order chi connectivity index (χ1) is 13.5. The molecule has 0 spiro atoms. The molecule has 2 amide bonds. The third-order valence-electron chi connectivity index (χ3n) is 4.86. The van der Waals surface area contributed by atoms with Gasteiger partial charge >= 0.3 is 0 Å². The molecule has 0 bridgehead atoms. The minimum atomic E-state index is -0.603. The second kappa shape index (κ2) is 7.30. The van der Waals surface area contributed by atoms with Crippen molar-refractivity contribution >= 4 is 17.5 Å². The Kier molecular flexibility index (Phi) is 4.68. The van der Waals surface area contributed by atoms with Crippen LogP contribution < -0.4 is 10.5 Å². The lowest BCUT2D eigenvalue weighted by Gasteiger charge is -2.33. The molecule has 28 heavy (non-hydrogen) atoms. The quantitative estimate of drug-likeness (QED) is 0.745. The average molecular weight is 379 g/mol. The molecule has 1 aliphatic heterocycles. The van der Waals surface area contributed by atoms with Gasteiger partial charge in [0, 0.05) is 25.0 Å². The van der Waals surface area contributed by atoms with Gasteiger partial charge in [-0.25, -0.2) is 4.98 Å². The second-order valence-corrected chi connectivity index (χ2v) is 6.85. The van der Waals surface area contributed by atoms with Gasteiger partial charge in [0.1, 0.15) is 28.9 Å². The Bertz CT molecular complexity index is 1050. The number of pyridine rings is 2. The molecule has 2 N–H and O–H groups in total. The van der Waals surface area contributed by atoms with Crippen LogP contribution in [0.25, 0.3) is 5.65 Å². The van der Waals surface area contributed by atoms with E-state index in [1.807, 2.05) is 35.7 Å². The van der Waals surface area contributed by atoms with E-state index in [-0.39, 0.29) is 17.7 Å². The summed E-state index contributed by atoms with van der Waals surface area (Å²) in [5.41, 5.74) is 7.47. The van der Waals surface area contributed by atoms with Crippen molar-refractivity contribution in [3.05, 3.63) is 59.8 Å². The van der Waals surface area contributed by atoms with Crippen LogP contribution in [0.4, 0.5) is 0 Å². The number of rotatable bonds is 4. The number of hydrogen-bond acceptors (Lipinski definition) is 5. The summed E-state index contributed by atoms with van der Waals surface area (Å²) in [6, 6.07) is 8.87. The van der Waals surface area contributed by atoms with Gasteiger partial charge in [0.2, 0.25) is 0 Å². The predicted molar refractivity (Wildman–Crippen MR) is 102 cm³/mol. The molecule has 0 aliphatic carbocycles. The van der Waals surface area contributed by atoms with Gasteiger partial charge in [-0.05, 0) is 38.0 Å². The number of nitrogens with two attached hydrogens (primary N) is 1. The number of amides is 2. The zero-order chi connectivity index (χ0) is 19.7. The summed E-state index contributed by atoms with van der Waals surface area (Å²) in [5, 5.41) is 0. The Hall–Kier alpha value is -3.42. The maximum absolute atomic E-state index is 13.2. The van der Waals surface area contributed by atoms with Crippen LogP contribution >= 0.6 is 0 Å². The normalized spacial score (nSPS) is 16.9. The smallest absolute Gasteiger partial charge is 0.272 e. The van der Waals surface area contributed by atoms with Gasteiger partial charge < -0.3 is 15.4 Å². The lowest BCUT2D eigenvalue weighted by atomic mass is 10.1. The largest absolute Gasteiger partial charge is 0.488 e. The first-order valence-electron chi connectivity index (χ1n) is 9.18. The van der Waals surface area contributed by atoms with Crippen LogP contribution in [0.5, 0.6) is 5.75 Å². The first-order valence-corrected chi connectivity index (χ1v) is 9.18. The number of carbonyl (C=O) groups excluding carboxylic acids is 2. The fourth-order valence-corrected chi connectivity index (χ4v) is 3.55. The number of carbonyl (C=O) groups is 2. The fourth-order valence-electron chi connectivity index (χ4n) is 3.55. The molecule has 8 heteroatoms. The van der Waals surface area contributed by atoms with Crippen molar-refractivity contribution in [3.63, 3.8) is 0 Å². The van der Waals surface area contributed by atoms with Gasteiger partial charge in [-0.1, -0.05) is 6.07 Å². The summed E-state index contributed by atoms with van der Waals surface area (Å²) in [6.45, 7) is 2.98. The topological polar surface area (TPSA) is 103 Å². The van der Waals surface area contributed by atoms with E-state index >= 15 is 0 Å². The summed E-state index contributed by atoms with van der Waals surface area (Å²) in [7, 11) is 0. The molecule has 144 valence electrons. The summed E-state index contributed by atoms with van der Waals surface area (Å²) in [4.78, 5) is 34.7. The summed E-state index contributed by atoms with van der Waals surface area (Å²) in [6.07, 6.45) is 4.83. The van der Waals surface area contributed by atoms with Crippen LogP contribution in [0.15, 0.2) is 42.7 Å². The highest BCUT2D eigenvalue weighted by Crippen LogP contribution is 2.21. The van der Waals surface area contributed by atoms with Crippen LogP contribution in [0.1, 0.15) is 39.5 Å². The zero-order valence-electron chi connectivity index (χ0n) is 15.5. The summed E-state index contributed by atoms with van der Waals surface area (Å²) in [5.74, 6) is -0.139. The van der Waals surface area contributed by atoms with Crippen molar-refractivity contribution in [2.75, 3.05) is 13.1 Å². The van der Waals surface area contributed by atoms with E-state index in [2.05, 4.69) is 9.97 Å². The lowest BCUT2D eigenvalue weighted by Crippen LogP contribution is -2.44. The maximum atomic E-state index is 13.2. The highest BCUT2D eigenvalue weighted by molar-refractivity contribution is 5.94. The number of fused-ring (bicyclic) bond motifs is 1. The molecule has 1 atom stereocenters. The average Bonchev–Trinajstić information content (AvgIpc) is 3.03. The maximum Gasteiger partial charge on any atom is 0.272 e. The molecule has 0 radical (unpaired) electrons. The molecule has 3 aromatic rings. The second-order valence-electron chi connectivity index (χ2n) is 6.85. The molecule has 3 aromatic heterocycles. The molecule has 1 unspecified atom stereocenters. The van der Waals surface area contributed by atoms with Gasteiger partial charge in [0.15, 0.2) is 0 Å². The van der Waals surface area contributed by atoms with E-state index in [0.717, 1.165) is 18.5 Å². The van der Waals surface area contributed by atoms with Crippen molar-refractivity contribution < 1.29 is 14.3 Å². The van der Waals surface area contributed by atoms with Crippen molar-refractivity contribution in [1.29, 1.82) is 0 Å². The monoisotopic (exact) mass is 379 g/mol. The number of aryl methyl sites for hydroxylation is 1. The van der Waals surface area contributed by atoms with E-state index in [1.54, 1.807) is 11.0 Å². The molecule has 1 fully saturated rings. The molecule has 4 heterocycles.